The van der Waals surface area contributed by atoms with Gasteiger partial charge >= 0.3 is 0 Å². The van der Waals surface area contributed by atoms with Gasteiger partial charge in [0.15, 0.2) is 0 Å². The van der Waals surface area contributed by atoms with E-state index in [1.807, 2.05) is 12.1 Å². The second-order valence-electron chi connectivity index (χ2n) is 5.41. The molecule has 0 aliphatic heterocycles. The standard InChI is InChI=1S/C17H19NO/c1-12-4-2-3-5-17(12)13-10-15(11-13)18-14-6-8-16(19)9-7-14/h2-9,13,15,18-19H,10-11H2,1H3. The molecule has 2 aromatic carbocycles. The van der Waals surface area contributed by atoms with Crippen molar-refractivity contribution in [3.63, 3.8) is 0 Å². The summed E-state index contributed by atoms with van der Waals surface area (Å²) in [6.07, 6.45) is 2.37. The molecule has 3 rings (SSSR count). The van der Waals surface area contributed by atoms with E-state index in [0.717, 1.165) is 5.69 Å². The van der Waals surface area contributed by atoms with Gasteiger partial charge in [-0.05, 0) is 61.1 Å². The van der Waals surface area contributed by atoms with Gasteiger partial charge in [-0.1, -0.05) is 24.3 Å². The number of aryl methyl sites for hydroxylation is 1. The number of rotatable bonds is 3. The number of anilines is 1. The maximum absolute atomic E-state index is 9.26. The average molecular weight is 253 g/mol. The van der Waals surface area contributed by atoms with Crippen molar-refractivity contribution < 1.29 is 5.11 Å². The van der Waals surface area contributed by atoms with Gasteiger partial charge in [0.1, 0.15) is 5.75 Å². The predicted octanol–water partition coefficient (Wildman–Crippen LogP) is 4.06. The van der Waals surface area contributed by atoms with Crippen LogP contribution in [0.3, 0.4) is 0 Å². The Morgan fingerprint density at radius 1 is 1.00 bits per heavy atom. The summed E-state index contributed by atoms with van der Waals surface area (Å²) in [4.78, 5) is 0. The van der Waals surface area contributed by atoms with E-state index in [1.54, 1.807) is 12.1 Å². The molecule has 19 heavy (non-hydrogen) atoms. The SMILES string of the molecule is Cc1ccccc1C1CC(Nc2ccc(O)cc2)C1. The van der Waals surface area contributed by atoms with Gasteiger partial charge in [-0.25, -0.2) is 0 Å². The topological polar surface area (TPSA) is 32.3 Å². The molecular weight excluding hydrogens is 234 g/mol. The Hall–Kier alpha value is -1.96. The molecule has 0 unspecified atom stereocenters. The van der Waals surface area contributed by atoms with E-state index in [9.17, 15) is 5.11 Å². The summed E-state index contributed by atoms with van der Waals surface area (Å²) in [6, 6.07) is 16.5. The largest absolute Gasteiger partial charge is 0.508 e. The molecular formula is C17H19NO. The maximum Gasteiger partial charge on any atom is 0.115 e. The van der Waals surface area contributed by atoms with E-state index >= 15 is 0 Å². The second kappa shape index (κ2) is 4.96. The fraction of sp³-hybridized carbons (Fsp3) is 0.294. The van der Waals surface area contributed by atoms with Crippen LogP contribution in [0.25, 0.3) is 0 Å². The monoisotopic (exact) mass is 253 g/mol. The molecule has 0 amide bonds. The fourth-order valence-corrected chi connectivity index (χ4v) is 2.83. The molecule has 0 atom stereocenters. The third-order valence-electron chi connectivity index (χ3n) is 4.00. The molecule has 0 spiro atoms. The molecule has 98 valence electrons. The highest BCUT2D eigenvalue weighted by Gasteiger charge is 2.30. The van der Waals surface area contributed by atoms with Crippen LogP contribution in [0.2, 0.25) is 0 Å². The lowest BCUT2D eigenvalue weighted by Gasteiger charge is -2.37. The average Bonchev–Trinajstić information content (AvgIpc) is 2.37. The molecule has 1 fully saturated rings. The maximum atomic E-state index is 9.26. The van der Waals surface area contributed by atoms with Crippen molar-refractivity contribution in [2.24, 2.45) is 0 Å². The number of benzene rings is 2. The first-order chi connectivity index (χ1) is 9.22. The van der Waals surface area contributed by atoms with Gasteiger partial charge in [-0.2, -0.15) is 0 Å². The number of hydrogen-bond donors (Lipinski definition) is 2. The zero-order chi connectivity index (χ0) is 13.2. The molecule has 1 saturated carbocycles. The Morgan fingerprint density at radius 2 is 1.68 bits per heavy atom. The first-order valence-electron chi connectivity index (χ1n) is 6.83. The van der Waals surface area contributed by atoms with Crippen LogP contribution >= 0.6 is 0 Å². The predicted molar refractivity (Wildman–Crippen MR) is 78.7 cm³/mol. The van der Waals surface area contributed by atoms with Crippen molar-refractivity contribution in [3.05, 3.63) is 59.7 Å². The fourth-order valence-electron chi connectivity index (χ4n) is 2.83. The first-order valence-corrected chi connectivity index (χ1v) is 6.83. The van der Waals surface area contributed by atoms with Crippen LogP contribution in [-0.2, 0) is 0 Å². The second-order valence-corrected chi connectivity index (χ2v) is 5.41. The summed E-state index contributed by atoms with van der Waals surface area (Å²) in [6.45, 7) is 2.19. The van der Waals surface area contributed by atoms with Gasteiger partial charge in [0, 0.05) is 11.7 Å². The quantitative estimate of drug-likeness (QED) is 0.808. The highest BCUT2D eigenvalue weighted by molar-refractivity contribution is 5.47. The van der Waals surface area contributed by atoms with E-state index in [4.69, 9.17) is 0 Å². The van der Waals surface area contributed by atoms with Gasteiger partial charge in [0.05, 0.1) is 0 Å². The first kappa shape index (κ1) is 12.1. The van der Waals surface area contributed by atoms with Crippen molar-refractivity contribution >= 4 is 5.69 Å². The van der Waals surface area contributed by atoms with Gasteiger partial charge in [-0.15, -0.1) is 0 Å². The van der Waals surface area contributed by atoms with Crippen molar-refractivity contribution in [3.8, 4) is 5.75 Å². The smallest absolute Gasteiger partial charge is 0.115 e. The van der Waals surface area contributed by atoms with E-state index < -0.39 is 0 Å². The lowest BCUT2D eigenvalue weighted by atomic mass is 9.74. The summed E-state index contributed by atoms with van der Waals surface area (Å²) in [7, 11) is 0. The summed E-state index contributed by atoms with van der Waals surface area (Å²) < 4.78 is 0. The van der Waals surface area contributed by atoms with Gasteiger partial charge in [0.25, 0.3) is 0 Å². The molecule has 0 heterocycles. The van der Waals surface area contributed by atoms with E-state index in [2.05, 4.69) is 36.5 Å². The lowest BCUT2D eigenvalue weighted by molar-refractivity contribution is 0.373. The van der Waals surface area contributed by atoms with Gasteiger partial charge in [0.2, 0.25) is 0 Å². The van der Waals surface area contributed by atoms with Crippen LogP contribution < -0.4 is 5.32 Å². The third-order valence-corrected chi connectivity index (χ3v) is 4.00. The van der Waals surface area contributed by atoms with Crippen molar-refractivity contribution in [2.75, 3.05) is 5.32 Å². The van der Waals surface area contributed by atoms with Crippen LogP contribution in [0.4, 0.5) is 5.69 Å². The van der Waals surface area contributed by atoms with E-state index in [1.165, 1.54) is 24.0 Å². The zero-order valence-corrected chi connectivity index (χ0v) is 11.1. The van der Waals surface area contributed by atoms with E-state index in [-0.39, 0.29) is 0 Å². The number of phenols is 1. The van der Waals surface area contributed by atoms with Crippen LogP contribution in [-0.4, -0.2) is 11.1 Å². The van der Waals surface area contributed by atoms with Crippen molar-refractivity contribution in [1.29, 1.82) is 0 Å². The molecule has 0 bridgehead atoms. The highest BCUT2D eigenvalue weighted by atomic mass is 16.3. The molecule has 2 N–H and O–H groups in total. The molecule has 0 aromatic heterocycles. The van der Waals surface area contributed by atoms with Crippen molar-refractivity contribution in [2.45, 2.75) is 31.7 Å². The summed E-state index contributed by atoms with van der Waals surface area (Å²) in [5.74, 6) is 1.01. The Labute approximate surface area is 114 Å². The van der Waals surface area contributed by atoms with Crippen LogP contribution in [0.1, 0.15) is 29.9 Å². The molecule has 2 aromatic rings. The molecule has 1 aliphatic rings. The molecule has 0 saturated heterocycles. The normalized spacial score (nSPS) is 21.7. The van der Waals surface area contributed by atoms with Gasteiger partial charge in [-0.3, -0.25) is 0 Å². The third kappa shape index (κ3) is 2.58. The summed E-state index contributed by atoms with van der Waals surface area (Å²) in [5, 5.41) is 12.8. The molecule has 2 nitrogen and oxygen atoms in total. The van der Waals surface area contributed by atoms with Crippen LogP contribution in [0.15, 0.2) is 48.5 Å². The van der Waals surface area contributed by atoms with Gasteiger partial charge < -0.3 is 10.4 Å². The number of aromatic hydroxyl groups is 1. The molecule has 2 heteroatoms. The molecule has 1 aliphatic carbocycles. The van der Waals surface area contributed by atoms with E-state index in [0.29, 0.717) is 17.7 Å². The highest BCUT2D eigenvalue weighted by Crippen LogP contribution is 2.39. The Bertz CT molecular complexity index is 556. The Morgan fingerprint density at radius 3 is 2.37 bits per heavy atom. The molecule has 0 radical (unpaired) electrons. The zero-order valence-electron chi connectivity index (χ0n) is 11.1. The summed E-state index contributed by atoms with van der Waals surface area (Å²) >= 11 is 0. The lowest BCUT2D eigenvalue weighted by Crippen LogP contribution is -2.34. The Kier molecular flexibility index (Phi) is 3.16. The minimum Gasteiger partial charge on any atom is -0.508 e. The minimum atomic E-state index is 0.317. The summed E-state index contributed by atoms with van der Waals surface area (Å²) in [5.41, 5.74) is 3.98. The number of hydrogen-bond acceptors (Lipinski definition) is 2. The Balaban J connectivity index is 1.58. The van der Waals surface area contributed by atoms with Crippen LogP contribution in [0.5, 0.6) is 5.75 Å². The number of phenolic OH excluding ortho intramolecular Hbond substituents is 1. The minimum absolute atomic E-state index is 0.317. The van der Waals surface area contributed by atoms with Crippen molar-refractivity contribution in [1.82, 2.24) is 0 Å². The number of nitrogens with one attached hydrogen (secondary N) is 1. The van der Waals surface area contributed by atoms with Crippen LogP contribution in [0, 0.1) is 6.92 Å².